The number of aromatic nitrogens is 2. The first-order valence-electron chi connectivity index (χ1n) is 8.47. The first-order chi connectivity index (χ1) is 12.2. The molecule has 0 spiro atoms. The predicted octanol–water partition coefficient (Wildman–Crippen LogP) is 1.29. The number of nitrogens with zero attached hydrogens (tertiary/aromatic N) is 1. The number of carbonyl (C=O) groups is 1. The Morgan fingerprint density at radius 3 is 2.96 bits per heavy atom. The molecule has 0 saturated carbocycles. The molecule has 1 aromatic heterocycles. The SMILES string of the molecule is O=C(Cn1c(=O)[nH]c2ccccc21)NCc1cccc2c1CCNC2. The molecule has 2 heterocycles. The molecule has 3 aromatic rings. The fourth-order valence-electron chi connectivity index (χ4n) is 3.43. The summed E-state index contributed by atoms with van der Waals surface area (Å²) in [7, 11) is 0. The number of amides is 1. The molecular formula is C19H20N4O2. The Labute approximate surface area is 144 Å². The number of hydrogen-bond acceptors (Lipinski definition) is 3. The van der Waals surface area contributed by atoms with Crippen LogP contribution in [0.2, 0.25) is 0 Å². The van der Waals surface area contributed by atoms with Crippen LogP contribution in [0.5, 0.6) is 0 Å². The van der Waals surface area contributed by atoms with Crippen LogP contribution in [-0.2, 0) is 30.8 Å². The summed E-state index contributed by atoms with van der Waals surface area (Å²) in [5.74, 6) is -0.168. The van der Waals surface area contributed by atoms with Gasteiger partial charge in [-0.15, -0.1) is 0 Å². The molecular weight excluding hydrogens is 316 g/mol. The molecule has 25 heavy (non-hydrogen) atoms. The molecule has 0 atom stereocenters. The van der Waals surface area contributed by atoms with Crippen LogP contribution in [0.4, 0.5) is 0 Å². The molecule has 1 aliphatic heterocycles. The van der Waals surface area contributed by atoms with Crippen molar-refractivity contribution in [2.45, 2.75) is 26.1 Å². The van der Waals surface area contributed by atoms with Gasteiger partial charge in [0.05, 0.1) is 11.0 Å². The quantitative estimate of drug-likeness (QED) is 0.672. The van der Waals surface area contributed by atoms with Crippen LogP contribution in [0.15, 0.2) is 47.3 Å². The summed E-state index contributed by atoms with van der Waals surface area (Å²) in [4.78, 5) is 27.2. The molecule has 6 nitrogen and oxygen atoms in total. The topological polar surface area (TPSA) is 78.9 Å². The van der Waals surface area contributed by atoms with Crippen molar-refractivity contribution in [3.8, 4) is 0 Å². The van der Waals surface area contributed by atoms with E-state index < -0.39 is 0 Å². The van der Waals surface area contributed by atoms with Gasteiger partial charge in [-0.2, -0.15) is 0 Å². The van der Waals surface area contributed by atoms with E-state index in [-0.39, 0.29) is 18.1 Å². The Balaban J connectivity index is 1.48. The number of aromatic amines is 1. The Bertz CT molecular complexity index is 986. The second-order valence-electron chi connectivity index (χ2n) is 6.29. The zero-order chi connectivity index (χ0) is 17.2. The second kappa shape index (κ2) is 6.57. The first kappa shape index (κ1) is 15.7. The summed E-state index contributed by atoms with van der Waals surface area (Å²) in [5, 5.41) is 6.30. The number of H-pyrrole nitrogens is 1. The van der Waals surface area contributed by atoms with Crippen molar-refractivity contribution in [1.29, 1.82) is 0 Å². The maximum atomic E-state index is 12.4. The van der Waals surface area contributed by atoms with Crippen molar-refractivity contribution in [2.75, 3.05) is 6.54 Å². The molecule has 6 heteroatoms. The largest absolute Gasteiger partial charge is 0.350 e. The van der Waals surface area contributed by atoms with E-state index in [0.29, 0.717) is 6.54 Å². The molecule has 0 unspecified atom stereocenters. The summed E-state index contributed by atoms with van der Waals surface area (Å²) in [5.41, 5.74) is 4.99. The minimum atomic E-state index is -0.264. The van der Waals surface area contributed by atoms with Crippen molar-refractivity contribution in [1.82, 2.24) is 20.2 Å². The molecule has 3 N–H and O–H groups in total. The van der Waals surface area contributed by atoms with Gasteiger partial charge in [0.25, 0.3) is 0 Å². The normalized spacial score (nSPS) is 13.6. The molecule has 0 bridgehead atoms. The standard InChI is InChI=1S/C19H20N4O2/c24-18(12-23-17-7-2-1-6-16(17)22-19(23)25)21-11-14-5-3-4-13-10-20-9-8-15(13)14/h1-7,20H,8-12H2,(H,21,24)(H,22,25). The van der Waals surface area contributed by atoms with Crippen LogP contribution in [0, 0.1) is 0 Å². The predicted molar refractivity (Wildman–Crippen MR) is 96.3 cm³/mol. The lowest BCUT2D eigenvalue weighted by atomic mass is 9.95. The highest BCUT2D eigenvalue weighted by Crippen LogP contribution is 2.18. The third kappa shape index (κ3) is 3.08. The van der Waals surface area contributed by atoms with E-state index in [1.165, 1.54) is 15.7 Å². The lowest BCUT2D eigenvalue weighted by Crippen LogP contribution is -2.32. The first-order valence-corrected chi connectivity index (χ1v) is 8.47. The molecule has 4 rings (SSSR count). The van der Waals surface area contributed by atoms with Gasteiger partial charge in [0.2, 0.25) is 5.91 Å². The Kier molecular flexibility index (Phi) is 4.11. The van der Waals surface area contributed by atoms with Crippen LogP contribution in [0.25, 0.3) is 11.0 Å². The highest BCUT2D eigenvalue weighted by Gasteiger charge is 2.14. The number of nitrogens with one attached hydrogen (secondary N) is 3. The van der Waals surface area contributed by atoms with Gasteiger partial charge in [-0.25, -0.2) is 4.79 Å². The van der Waals surface area contributed by atoms with E-state index in [0.717, 1.165) is 36.1 Å². The molecule has 0 fully saturated rings. The van der Waals surface area contributed by atoms with Crippen molar-refractivity contribution in [3.63, 3.8) is 0 Å². The molecule has 0 radical (unpaired) electrons. The minimum Gasteiger partial charge on any atom is -0.350 e. The van der Waals surface area contributed by atoms with Gasteiger partial charge in [0.1, 0.15) is 6.54 Å². The van der Waals surface area contributed by atoms with Crippen molar-refractivity contribution in [2.24, 2.45) is 0 Å². The van der Waals surface area contributed by atoms with Crippen LogP contribution < -0.4 is 16.3 Å². The molecule has 0 saturated heterocycles. The Morgan fingerprint density at radius 1 is 1.16 bits per heavy atom. The molecule has 128 valence electrons. The van der Waals surface area contributed by atoms with E-state index in [4.69, 9.17) is 0 Å². The summed E-state index contributed by atoms with van der Waals surface area (Å²) >= 11 is 0. The zero-order valence-electron chi connectivity index (χ0n) is 13.8. The summed E-state index contributed by atoms with van der Waals surface area (Å²) in [6.45, 7) is 2.34. The summed E-state index contributed by atoms with van der Waals surface area (Å²) < 4.78 is 1.47. The number of hydrogen-bond donors (Lipinski definition) is 3. The number of benzene rings is 2. The van der Waals surface area contributed by atoms with E-state index in [1.54, 1.807) is 0 Å². The van der Waals surface area contributed by atoms with E-state index in [1.807, 2.05) is 30.3 Å². The van der Waals surface area contributed by atoms with Crippen LogP contribution in [0.3, 0.4) is 0 Å². The van der Waals surface area contributed by atoms with Gasteiger partial charge in [-0.05, 0) is 41.8 Å². The van der Waals surface area contributed by atoms with E-state index in [9.17, 15) is 9.59 Å². The van der Waals surface area contributed by atoms with Gasteiger partial charge in [-0.3, -0.25) is 9.36 Å². The van der Waals surface area contributed by atoms with E-state index >= 15 is 0 Å². The number of carbonyl (C=O) groups excluding carboxylic acids is 1. The fraction of sp³-hybridized carbons (Fsp3) is 0.263. The third-order valence-corrected chi connectivity index (χ3v) is 4.70. The number of fused-ring (bicyclic) bond motifs is 2. The fourth-order valence-corrected chi connectivity index (χ4v) is 3.43. The second-order valence-corrected chi connectivity index (χ2v) is 6.29. The third-order valence-electron chi connectivity index (χ3n) is 4.70. The monoisotopic (exact) mass is 336 g/mol. The lowest BCUT2D eigenvalue weighted by Gasteiger charge is -2.20. The van der Waals surface area contributed by atoms with E-state index in [2.05, 4.69) is 27.8 Å². The smallest absolute Gasteiger partial charge is 0.326 e. The van der Waals surface area contributed by atoms with Crippen molar-refractivity contribution < 1.29 is 4.79 Å². The zero-order valence-corrected chi connectivity index (χ0v) is 13.8. The van der Waals surface area contributed by atoms with Gasteiger partial charge >= 0.3 is 5.69 Å². The van der Waals surface area contributed by atoms with Crippen LogP contribution >= 0.6 is 0 Å². The Hall–Kier alpha value is -2.86. The van der Waals surface area contributed by atoms with Crippen molar-refractivity contribution in [3.05, 3.63) is 69.6 Å². The van der Waals surface area contributed by atoms with Crippen LogP contribution in [0.1, 0.15) is 16.7 Å². The average molecular weight is 336 g/mol. The molecule has 2 aromatic carbocycles. The minimum absolute atomic E-state index is 0.0133. The summed E-state index contributed by atoms with van der Waals surface area (Å²) in [6, 6.07) is 13.6. The lowest BCUT2D eigenvalue weighted by molar-refractivity contribution is -0.121. The number of rotatable bonds is 4. The van der Waals surface area contributed by atoms with Gasteiger partial charge in [0, 0.05) is 13.1 Å². The van der Waals surface area contributed by atoms with Gasteiger partial charge < -0.3 is 15.6 Å². The maximum absolute atomic E-state index is 12.4. The Morgan fingerprint density at radius 2 is 2.04 bits per heavy atom. The average Bonchev–Trinajstić information content (AvgIpc) is 2.95. The molecule has 0 aliphatic carbocycles. The number of imidazole rings is 1. The van der Waals surface area contributed by atoms with Crippen LogP contribution in [-0.4, -0.2) is 22.0 Å². The molecule has 1 aliphatic rings. The van der Waals surface area contributed by atoms with Crippen molar-refractivity contribution >= 4 is 16.9 Å². The number of para-hydroxylation sites is 2. The van der Waals surface area contributed by atoms with Gasteiger partial charge in [0.15, 0.2) is 0 Å². The maximum Gasteiger partial charge on any atom is 0.326 e. The molecule has 1 amide bonds. The highest BCUT2D eigenvalue weighted by atomic mass is 16.2. The van der Waals surface area contributed by atoms with Gasteiger partial charge in [-0.1, -0.05) is 30.3 Å². The summed E-state index contributed by atoms with van der Waals surface area (Å²) in [6.07, 6.45) is 0.975. The highest BCUT2D eigenvalue weighted by molar-refractivity contribution is 5.80.